The van der Waals surface area contributed by atoms with E-state index in [9.17, 15) is 0 Å². The maximum Gasteiger partial charge on any atom is 0.101 e. The molecule has 0 amide bonds. The lowest BCUT2D eigenvalue weighted by atomic mass is 10.1. The van der Waals surface area contributed by atoms with E-state index in [2.05, 4.69) is 37.1 Å². The predicted molar refractivity (Wildman–Crippen MR) is 67.3 cm³/mol. The van der Waals surface area contributed by atoms with Crippen LogP contribution in [0.3, 0.4) is 0 Å². The highest BCUT2D eigenvalue weighted by Crippen LogP contribution is 2.24. The summed E-state index contributed by atoms with van der Waals surface area (Å²) in [6, 6.07) is 4.57. The van der Waals surface area contributed by atoms with Gasteiger partial charge in [-0.2, -0.15) is 0 Å². The van der Waals surface area contributed by atoms with E-state index in [-0.39, 0.29) is 0 Å². The fourth-order valence-electron chi connectivity index (χ4n) is 1.46. The van der Waals surface area contributed by atoms with E-state index in [1.165, 1.54) is 12.0 Å². The zero-order chi connectivity index (χ0) is 11.1. The smallest absolute Gasteiger partial charge is 0.101 e. The molecule has 1 heterocycles. The molecular formula is C12H20N2S. The van der Waals surface area contributed by atoms with E-state index in [4.69, 9.17) is 0 Å². The Morgan fingerprint density at radius 3 is 2.93 bits per heavy atom. The second-order valence-electron chi connectivity index (χ2n) is 3.51. The topological polar surface area (TPSA) is 24.9 Å². The van der Waals surface area contributed by atoms with Crippen LogP contribution in [0.1, 0.15) is 38.8 Å². The molecule has 1 atom stereocenters. The van der Waals surface area contributed by atoms with E-state index < -0.39 is 0 Å². The fourth-order valence-corrected chi connectivity index (χ4v) is 2.28. The summed E-state index contributed by atoms with van der Waals surface area (Å²) in [5, 5.41) is 4.66. The van der Waals surface area contributed by atoms with Gasteiger partial charge in [0.25, 0.3) is 0 Å². The largest absolute Gasteiger partial charge is 0.310 e. The molecule has 0 spiro atoms. The summed E-state index contributed by atoms with van der Waals surface area (Å²) >= 11 is 1.81. The zero-order valence-electron chi connectivity index (χ0n) is 9.79. The van der Waals surface area contributed by atoms with E-state index >= 15 is 0 Å². The number of nitrogens with zero attached hydrogens (tertiary/aromatic N) is 1. The highest BCUT2D eigenvalue weighted by molar-refractivity contribution is 7.99. The highest BCUT2D eigenvalue weighted by atomic mass is 32.2. The Morgan fingerprint density at radius 1 is 1.47 bits per heavy atom. The van der Waals surface area contributed by atoms with Gasteiger partial charge >= 0.3 is 0 Å². The molecule has 0 fully saturated rings. The third-order valence-electron chi connectivity index (χ3n) is 2.25. The Bertz CT molecular complexity index is 289. The van der Waals surface area contributed by atoms with Crippen molar-refractivity contribution >= 4 is 11.8 Å². The SMILES string of the molecule is CCCNC(C)c1cccnc1SCC. The van der Waals surface area contributed by atoms with E-state index in [0.717, 1.165) is 17.3 Å². The molecule has 0 radical (unpaired) electrons. The van der Waals surface area contributed by atoms with Gasteiger partial charge in [0.2, 0.25) is 0 Å². The first-order chi connectivity index (χ1) is 7.29. The van der Waals surface area contributed by atoms with Crippen LogP contribution in [0.15, 0.2) is 23.4 Å². The molecule has 0 aromatic carbocycles. The molecule has 15 heavy (non-hydrogen) atoms. The molecule has 0 aliphatic heterocycles. The van der Waals surface area contributed by atoms with E-state index in [0.29, 0.717) is 6.04 Å². The first kappa shape index (κ1) is 12.5. The van der Waals surface area contributed by atoms with Crippen molar-refractivity contribution < 1.29 is 0 Å². The van der Waals surface area contributed by atoms with Crippen LogP contribution in [-0.2, 0) is 0 Å². The van der Waals surface area contributed by atoms with Gasteiger partial charge in [-0.05, 0) is 31.7 Å². The van der Waals surface area contributed by atoms with Crippen molar-refractivity contribution in [2.75, 3.05) is 12.3 Å². The Morgan fingerprint density at radius 2 is 2.27 bits per heavy atom. The van der Waals surface area contributed by atoms with E-state index in [1.54, 1.807) is 0 Å². The Balaban J connectivity index is 2.72. The molecule has 84 valence electrons. The summed E-state index contributed by atoms with van der Waals surface area (Å²) in [4.78, 5) is 4.42. The third kappa shape index (κ3) is 3.84. The molecule has 0 saturated carbocycles. The van der Waals surface area contributed by atoms with Crippen LogP contribution in [0.5, 0.6) is 0 Å². The van der Waals surface area contributed by atoms with E-state index in [1.807, 2.05) is 24.0 Å². The average Bonchev–Trinajstić information content (AvgIpc) is 2.27. The first-order valence-corrected chi connectivity index (χ1v) is 6.59. The molecular weight excluding hydrogens is 204 g/mol. The minimum absolute atomic E-state index is 0.396. The molecule has 0 aliphatic carbocycles. The second-order valence-corrected chi connectivity index (χ2v) is 4.76. The Labute approximate surface area is 96.9 Å². The monoisotopic (exact) mass is 224 g/mol. The molecule has 1 N–H and O–H groups in total. The van der Waals surface area contributed by atoms with Gasteiger partial charge in [-0.25, -0.2) is 4.98 Å². The number of pyridine rings is 1. The summed E-state index contributed by atoms with van der Waals surface area (Å²) in [7, 11) is 0. The number of rotatable bonds is 6. The lowest BCUT2D eigenvalue weighted by Gasteiger charge is -2.16. The summed E-state index contributed by atoms with van der Waals surface area (Å²) in [6.07, 6.45) is 3.04. The van der Waals surface area contributed by atoms with Gasteiger partial charge in [0.05, 0.1) is 0 Å². The molecule has 1 aromatic heterocycles. The normalized spacial score (nSPS) is 12.7. The second kappa shape index (κ2) is 6.85. The number of hydrogen-bond acceptors (Lipinski definition) is 3. The van der Waals surface area contributed by atoms with Crippen LogP contribution >= 0.6 is 11.8 Å². The van der Waals surface area contributed by atoms with Crippen LogP contribution < -0.4 is 5.32 Å². The molecule has 0 bridgehead atoms. The highest BCUT2D eigenvalue weighted by Gasteiger charge is 2.09. The molecule has 3 heteroatoms. The lowest BCUT2D eigenvalue weighted by Crippen LogP contribution is -2.20. The minimum atomic E-state index is 0.396. The molecule has 0 aliphatic rings. The third-order valence-corrected chi connectivity index (χ3v) is 3.15. The zero-order valence-corrected chi connectivity index (χ0v) is 10.6. The summed E-state index contributed by atoms with van der Waals surface area (Å²) < 4.78 is 0. The van der Waals surface area contributed by atoms with Crippen molar-refractivity contribution in [3.63, 3.8) is 0 Å². The van der Waals surface area contributed by atoms with Crippen molar-refractivity contribution in [2.45, 2.75) is 38.3 Å². The van der Waals surface area contributed by atoms with Crippen molar-refractivity contribution in [3.05, 3.63) is 23.9 Å². The molecule has 1 aromatic rings. The van der Waals surface area contributed by atoms with Crippen molar-refractivity contribution in [1.82, 2.24) is 10.3 Å². The standard InChI is InChI=1S/C12H20N2S/c1-4-8-13-10(3)11-7-6-9-14-12(11)15-5-2/h6-7,9-10,13H,4-5,8H2,1-3H3. The van der Waals surface area contributed by atoms with Crippen LogP contribution in [0, 0.1) is 0 Å². The van der Waals surface area contributed by atoms with Gasteiger partial charge in [0.1, 0.15) is 5.03 Å². The Kier molecular flexibility index (Phi) is 5.73. The number of nitrogens with one attached hydrogen (secondary N) is 1. The van der Waals surface area contributed by atoms with Crippen molar-refractivity contribution in [1.29, 1.82) is 0 Å². The Hall–Kier alpha value is -0.540. The predicted octanol–water partition coefficient (Wildman–Crippen LogP) is 3.25. The molecule has 1 rings (SSSR count). The summed E-state index contributed by atoms with van der Waals surface area (Å²) in [6.45, 7) is 7.61. The van der Waals surface area contributed by atoms with Crippen molar-refractivity contribution in [3.8, 4) is 0 Å². The maximum absolute atomic E-state index is 4.42. The van der Waals surface area contributed by atoms with Gasteiger partial charge in [0, 0.05) is 17.8 Å². The van der Waals surface area contributed by atoms with Crippen LogP contribution in [0.4, 0.5) is 0 Å². The van der Waals surface area contributed by atoms with Crippen molar-refractivity contribution in [2.24, 2.45) is 0 Å². The first-order valence-electron chi connectivity index (χ1n) is 5.60. The van der Waals surface area contributed by atoms with Crippen LogP contribution in [0.25, 0.3) is 0 Å². The number of thioether (sulfide) groups is 1. The van der Waals surface area contributed by atoms with Crippen LogP contribution in [0.2, 0.25) is 0 Å². The molecule has 1 unspecified atom stereocenters. The number of aromatic nitrogens is 1. The average molecular weight is 224 g/mol. The fraction of sp³-hybridized carbons (Fsp3) is 0.583. The van der Waals surface area contributed by atoms with Gasteiger partial charge in [-0.3, -0.25) is 0 Å². The maximum atomic E-state index is 4.42. The van der Waals surface area contributed by atoms with Gasteiger partial charge in [-0.1, -0.05) is 19.9 Å². The van der Waals surface area contributed by atoms with Gasteiger partial charge < -0.3 is 5.32 Å². The van der Waals surface area contributed by atoms with Crippen LogP contribution in [-0.4, -0.2) is 17.3 Å². The molecule has 0 saturated heterocycles. The van der Waals surface area contributed by atoms with Gasteiger partial charge in [0.15, 0.2) is 0 Å². The number of hydrogen-bond donors (Lipinski definition) is 1. The molecule has 2 nitrogen and oxygen atoms in total. The minimum Gasteiger partial charge on any atom is -0.310 e. The summed E-state index contributed by atoms with van der Waals surface area (Å²) in [5.74, 6) is 1.07. The summed E-state index contributed by atoms with van der Waals surface area (Å²) in [5.41, 5.74) is 1.32. The van der Waals surface area contributed by atoms with Gasteiger partial charge in [-0.15, -0.1) is 11.8 Å². The lowest BCUT2D eigenvalue weighted by molar-refractivity contribution is 0.560. The quantitative estimate of drug-likeness (QED) is 0.751.